The van der Waals surface area contributed by atoms with Crippen LogP contribution in [0.4, 0.5) is 0 Å². The van der Waals surface area contributed by atoms with Crippen molar-refractivity contribution in [3.05, 3.63) is 65.0 Å². The summed E-state index contributed by atoms with van der Waals surface area (Å²) in [5, 5.41) is 6.40. The fourth-order valence-corrected chi connectivity index (χ4v) is 3.19. The van der Waals surface area contributed by atoms with Crippen LogP contribution in [0.5, 0.6) is 0 Å². The normalized spacial score (nSPS) is 11.5. The van der Waals surface area contributed by atoms with Gasteiger partial charge < -0.3 is 4.42 Å². The molecule has 2 aromatic carbocycles. The van der Waals surface area contributed by atoms with Gasteiger partial charge in [0.25, 0.3) is 4.84 Å². The monoisotopic (exact) mass is 347 g/mol. The standard InChI is InChI=1S/C15H13N3O3S2/c19-23(20,16-10-11-5-2-1-3-6-11)13-8-4-7-12(9-13)14-17-18-15(22)21-14/h1-9,16H,10H2,(H,18,22). The summed E-state index contributed by atoms with van der Waals surface area (Å²) in [6, 6.07) is 15.6. The second-order valence-electron chi connectivity index (χ2n) is 4.76. The number of nitrogens with zero attached hydrogens (tertiary/aromatic N) is 1. The molecule has 3 aromatic rings. The predicted molar refractivity (Wildman–Crippen MR) is 87.6 cm³/mol. The summed E-state index contributed by atoms with van der Waals surface area (Å²) in [7, 11) is -3.64. The average Bonchev–Trinajstić information content (AvgIpc) is 3.01. The molecular formula is C15H13N3O3S2. The highest BCUT2D eigenvalue weighted by Gasteiger charge is 2.15. The molecule has 3 rings (SSSR count). The number of nitrogens with one attached hydrogen (secondary N) is 2. The van der Waals surface area contributed by atoms with Gasteiger partial charge in [-0.2, -0.15) is 0 Å². The number of hydrogen-bond donors (Lipinski definition) is 2. The third-order valence-corrected chi connectivity index (χ3v) is 4.71. The van der Waals surface area contributed by atoms with Crippen LogP contribution in [0.25, 0.3) is 11.5 Å². The van der Waals surface area contributed by atoms with Gasteiger partial charge in [0.1, 0.15) is 0 Å². The van der Waals surface area contributed by atoms with E-state index in [4.69, 9.17) is 16.6 Å². The first kappa shape index (κ1) is 15.6. The molecule has 0 atom stereocenters. The van der Waals surface area contributed by atoms with Crippen LogP contribution in [0.15, 0.2) is 63.9 Å². The number of rotatable bonds is 5. The highest BCUT2D eigenvalue weighted by Crippen LogP contribution is 2.20. The summed E-state index contributed by atoms with van der Waals surface area (Å²) in [6.07, 6.45) is 0. The summed E-state index contributed by atoms with van der Waals surface area (Å²) in [5.74, 6) is 0.245. The van der Waals surface area contributed by atoms with E-state index >= 15 is 0 Å². The maximum absolute atomic E-state index is 12.4. The first-order valence-electron chi connectivity index (χ1n) is 6.74. The number of aromatic amines is 1. The largest absolute Gasteiger partial charge is 0.409 e. The Morgan fingerprint density at radius 3 is 2.61 bits per heavy atom. The number of aromatic nitrogens is 2. The number of sulfonamides is 1. The summed E-state index contributed by atoms with van der Waals surface area (Å²) >= 11 is 4.82. The Morgan fingerprint density at radius 1 is 1.13 bits per heavy atom. The minimum atomic E-state index is -3.64. The Hall–Kier alpha value is -2.29. The second kappa shape index (κ2) is 6.45. The molecular weight excluding hydrogens is 334 g/mol. The molecule has 0 saturated heterocycles. The van der Waals surface area contributed by atoms with E-state index in [9.17, 15) is 8.42 Å². The smallest absolute Gasteiger partial charge is 0.284 e. The molecule has 0 radical (unpaired) electrons. The van der Waals surface area contributed by atoms with Crippen molar-refractivity contribution in [3.63, 3.8) is 0 Å². The maximum atomic E-state index is 12.4. The molecule has 0 unspecified atom stereocenters. The molecule has 1 aromatic heterocycles. The highest BCUT2D eigenvalue weighted by atomic mass is 32.2. The number of hydrogen-bond acceptors (Lipinski definition) is 5. The molecule has 0 bridgehead atoms. The van der Waals surface area contributed by atoms with E-state index < -0.39 is 10.0 Å². The predicted octanol–water partition coefficient (Wildman–Crippen LogP) is 2.88. The van der Waals surface area contributed by atoms with Gasteiger partial charge >= 0.3 is 0 Å². The Balaban J connectivity index is 1.84. The minimum absolute atomic E-state index is 0.134. The second-order valence-corrected chi connectivity index (χ2v) is 6.89. The van der Waals surface area contributed by atoms with Crippen LogP contribution < -0.4 is 4.72 Å². The van der Waals surface area contributed by atoms with Crippen LogP contribution in [-0.4, -0.2) is 18.6 Å². The Bertz CT molecular complexity index is 963. The van der Waals surface area contributed by atoms with Gasteiger partial charge in [-0.25, -0.2) is 18.2 Å². The fourth-order valence-electron chi connectivity index (χ4n) is 2.01. The molecule has 8 heteroatoms. The van der Waals surface area contributed by atoms with E-state index in [1.807, 2.05) is 30.3 Å². The zero-order valence-electron chi connectivity index (χ0n) is 11.9. The summed E-state index contributed by atoms with van der Waals surface area (Å²) in [5.41, 5.74) is 1.41. The van der Waals surface area contributed by atoms with Gasteiger partial charge in [0.15, 0.2) is 0 Å². The topological polar surface area (TPSA) is 88.0 Å². The van der Waals surface area contributed by atoms with Crippen LogP contribution in [0.2, 0.25) is 0 Å². The first-order valence-corrected chi connectivity index (χ1v) is 8.63. The summed E-state index contributed by atoms with van der Waals surface area (Å²) < 4.78 is 32.6. The van der Waals surface area contributed by atoms with E-state index in [1.54, 1.807) is 12.1 Å². The molecule has 0 aliphatic rings. The summed E-state index contributed by atoms with van der Waals surface area (Å²) in [4.78, 5) is 0.269. The molecule has 6 nitrogen and oxygen atoms in total. The van der Waals surface area contributed by atoms with Crippen LogP contribution in [-0.2, 0) is 16.6 Å². The maximum Gasteiger partial charge on any atom is 0.284 e. The molecule has 0 saturated carbocycles. The molecule has 0 aliphatic heterocycles. The van der Waals surface area contributed by atoms with Crippen molar-refractivity contribution >= 4 is 22.2 Å². The molecule has 23 heavy (non-hydrogen) atoms. The van der Waals surface area contributed by atoms with E-state index in [2.05, 4.69) is 14.9 Å². The molecule has 0 fully saturated rings. The van der Waals surface area contributed by atoms with Crippen LogP contribution >= 0.6 is 12.2 Å². The van der Waals surface area contributed by atoms with Gasteiger partial charge in [0, 0.05) is 12.1 Å². The van der Waals surface area contributed by atoms with Crippen molar-refractivity contribution in [2.75, 3.05) is 0 Å². The summed E-state index contributed by atoms with van der Waals surface area (Å²) in [6.45, 7) is 0.219. The van der Waals surface area contributed by atoms with Gasteiger partial charge in [-0.05, 0) is 36.0 Å². The number of H-pyrrole nitrogens is 1. The third-order valence-electron chi connectivity index (χ3n) is 3.14. The van der Waals surface area contributed by atoms with Crippen LogP contribution in [0.3, 0.4) is 0 Å². The van der Waals surface area contributed by atoms with Crippen molar-refractivity contribution in [3.8, 4) is 11.5 Å². The molecule has 0 aliphatic carbocycles. The van der Waals surface area contributed by atoms with Crippen molar-refractivity contribution in [2.45, 2.75) is 11.4 Å². The lowest BCUT2D eigenvalue weighted by Crippen LogP contribution is -2.23. The van der Waals surface area contributed by atoms with Crippen LogP contribution in [0, 0.1) is 4.84 Å². The van der Waals surface area contributed by atoms with Gasteiger partial charge in [0.2, 0.25) is 15.9 Å². The van der Waals surface area contributed by atoms with Crippen molar-refractivity contribution in [2.24, 2.45) is 0 Å². The van der Waals surface area contributed by atoms with Crippen molar-refractivity contribution in [1.82, 2.24) is 14.9 Å². The zero-order chi connectivity index (χ0) is 16.3. The van der Waals surface area contributed by atoms with Crippen LogP contribution in [0.1, 0.15) is 5.56 Å². The van der Waals surface area contributed by atoms with E-state index in [1.165, 1.54) is 12.1 Å². The van der Waals surface area contributed by atoms with Gasteiger partial charge in [-0.3, -0.25) is 0 Å². The Kier molecular flexibility index (Phi) is 4.37. The third kappa shape index (κ3) is 3.73. The number of benzene rings is 2. The Labute approximate surface area is 138 Å². The molecule has 0 spiro atoms. The fraction of sp³-hybridized carbons (Fsp3) is 0.0667. The lowest BCUT2D eigenvalue weighted by molar-refractivity contribution is 0.552. The SMILES string of the molecule is O=S(=O)(NCc1ccccc1)c1cccc(-c2n[nH]c(=S)o2)c1. The zero-order valence-corrected chi connectivity index (χ0v) is 13.5. The molecule has 0 amide bonds. The average molecular weight is 347 g/mol. The van der Waals surface area contributed by atoms with Gasteiger partial charge in [-0.15, -0.1) is 5.10 Å². The van der Waals surface area contributed by atoms with E-state index in [0.29, 0.717) is 5.56 Å². The van der Waals surface area contributed by atoms with Crippen molar-refractivity contribution in [1.29, 1.82) is 0 Å². The molecule has 1 heterocycles. The Morgan fingerprint density at radius 2 is 1.91 bits per heavy atom. The first-order chi connectivity index (χ1) is 11.0. The minimum Gasteiger partial charge on any atom is -0.409 e. The van der Waals surface area contributed by atoms with Gasteiger partial charge in [-0.1, -0.05) is 36.4 Å². The highest BCUT2D eigenvalue weighted by molar-refractivity contribution is 7.89. The quantitative estimate of drug-likeness (QED) is 0.693. The van der Waals surface area contributed by atoms with Gasteiger partial charge in [0.05, 0.1) is 4.90 Å². The van der Waals surface area contributed by atoms with Crippen molar-refractivity contribution < 1.29 is 12.8 Å². The lowest BCUT2D eigenvalue weighted by Gasteiger charge is -2.07. The molecule has 2 N–H and O–H groups in total. The van der Waals surface area contributed by atoms with E-state index in [-0.39, 0.29) is 22.2 Å². The molecule has 118 valence electrons. The lowest BCUT2D eigenvalue weighted by atomic mass is 10.2. The van der Waals surface area contributed by atoms with E-state index in [0.717, 1.165) is 5.56 Å².